The highest BCUT2D eigenvalue weighted by Crippen LogP contribution is 2.23. The fourth-order valence-corrected chi connectivity index (χ4v) is 3.80. The maximum absolute atomic E-state index is 12.5. The first-order chi connectivity index (χ1) is 15.1. The van der Waals surface area contributed by atoms with Crippen LogP contribution in [0.3, 0.4) is 0 Å². The van der Waals surface area contributed by atoms with Crippen LogP contribution in [0.2, 0.25) is 0 Å². The van der Waals surface area contributed by atoms with E-state index in [4.69, 9.17) is 9.15 Å². The van der Waals surface area contributed by atoms with E-state index < -0.39 is 0 Å². The molecular weight excluding hydrogens is 394 g/mol. The summed E-state index contributed by atoms with van der Waals surface area (Å²) in [5.41, 5.74) is 0.531. The van der Waals surface area contributed by atoms with E-state index in [2.05, 4.69) is 15.5 Å². The number of nitrogens with one attached hydrogen (secondary N) is 2. The van der Waals surface area contributed by atoms with Crippen molar-refractivity contribution in [3.8, 4) is 0 Å². The Morgan fingerprint density at radius 2 is 1.77 bits per heavy atom. The molecule has 1 atom stereocenters. The second kappa shape index (κ2) is 9.76. The van der Waals surface area contributed by atoms with Gasteiger partial charge in [0.15, 0.2) is 0 Å². The van der Waals surface area contributed by atoms with Crippen LogP contribution in [-0.4, -0.2) is 56.1 Å². The fourth-order valence-electron chi connectivity index (χ4n) is 3.80. The molecule has 7 nitrogen and oxygen atoms in total. The average Bonchev–Trinajstić information content (AvgIpc) is 3.23. The van der Waals surface area contributed by atoms with Crippen LogP contribution in [-0.2, 0) is 9.53 Å². The highest BCUT2D eigenvalue weighted by Gasteiger charge is 2.25. The number of benzene rings is 2. The fraction of sp³-hybridized carbons (Fsp3) is 0.333. The van der Waals surface area contributed by atoms with Crippen molar-refractivity contribution in [2.75, 3.05) is 39.4 Å². The first-order valence-electron chi connectivity index (χ1n) is 10.5. The molecule has 1 fully saturated rings. The van der Waals surface area contributed by atoms with Crippen LogP contribution in [0.25, 0.3) is 10.8 Å². The number of morpholine rings is 1. The second-order valence-corrected chi connectivity index (χ2v) is 7.66. The molecule has 0 saturated carbocycles. The maximum atomic E-state index is 12.5. The number of furan rings is 1. The van der Waals surface area contributed by atoms with Crippen molar-refractivity contribution in [3.63, 3.8) is 0 Å². The van der Waals surface area contributed by atoms with E-state index in [-0.39, 0.29) is 24.4 Å². The van der Waals surface area contributed by atoms with Crippen molar-refractivity contribution in [2.24, 2.45) is 0 Å². The van der Waals surface area contributed by atoms with E-state index in [1.54, 1.807) is 6.07 Å². The van der Waals surface area contributed by atoms with Gasteiger partial charge in [0.2, 0.25) is 5.91 Å². The molecule has 3 aromatic rings. The molecule has 31 heavy (non-hydrogen) atoms. The van der Waals surface area contributed by atoms with Gasteiger partial charge in [-0.1, -0.05) is 30.3 Å². The summed E-state index contributed by atoms with van der Waals surface area (Å²) in [6, 6.07) is 17.2. The van der Waals surface area contributed by atoms with Gasteiger partial charge in [0.25, 0.3) is 5.91 Å². The summed E-state index contributed by atoms with van der Waals surface area (Å²) in [5, 5.41) is 7.69. The minimum absolute atomic E-state index is 0.0715. The van der Waals surface area contributed by atoms with E-state index >= 15 is 0 Å². The Labute approximate surface area is 181 Å². The number of fused-ring (bicyclic) bond motifs is 1. The highest BCUT2D eigenvalue weighted by atomic mass is 16.5. The quantitative estimate of drug-likeness (QED) is 0.613. The van der Waals surface area contributed by atoms with Gasteiger partial charge in [-0.05, 0) is 42.0 Å². The number of aryl methyl sites for hydroxylation is 1. The predicted molar refractivity (Wildman–Crippen MR) is 118 cm³/mol. The van der Waals surface area contributed by atoms with E-state index in [0.717, 1.165) is 35.4 Å². The number of hydrogen-bond acceptors (Lipinski definition) is 5. The molecule has 2 amide bonds. The molecule has 0 aliphatic carbocycles. The van der Waals surface area contributed by atoms with Crippen LogP contribution in [0.15, 0.2) is 59.0 Å². The van der Waals surface area contributed by atoms with Crippen molar-refractivity contribution >= 4 is 22.6 Å². The lowest BCUT2D eigenvalue weighted by atomic mass is 10.1. The molecule has 2 N–H and O–H groups in total. The van der Waals surface area contributed by atoms with Gasteiger partial charge in [-0.3, -0.25) is 14.5 Å². The zero-order valence-corrected chi connectivity index (χ0v) is 17.6. The molecule has 0 spiro atoms. The number of amides is 2. The molecule has 7 heteroatoms. The first-order valence-corrected chi connectivity index (χ1v) is 10.5. The first kappa shape index (κ1) is 21.1. The van der Waals surface area contributed by atoms with Gasteiger partial charge in [0.1, 0.15) is 11.5 Å². The molecule has 1 aromatic heterocycles. The topological polar surface area (TPSA) is 83.8 Å². The Kier molecular flexibility index (Phi) is 6.64. The SMILES string of the molecule is Cc1ccc(C(CNC(=O)CNC(=O)c2ccc3ccccc3c2)N2CCOCC2)o1. The number of carbonyl (C=O) groups is 2. The van der Waals surface area contributed by atoms with Crippen LogP contribution in [0, 0.1) is 6.92 Å². The minimum Gasteiger partial charge on any atom is -0.465 e. The normalized spacial score (nSPS) is 15.5. The Morgan fingerprint density at radius 1 is 1.00 bits per heavy atom. The molecule has 0 bridgehead atoms. The average molecular weight is 421 g/mol. The van der Waals surface area contributed by atoms with Crippen LogP contribution in [0.5, 0.6) is 0 Å². The molecule has 1 aliphatic heterocycles. The van der Waals surface area contributed by atoms with Crippen LogP contribution < -0.4 is 10.6 Å². The van der Waals surface area contributed by atoms with E-state index in [9.17, 15) is 9.59 Å². The molecule has 4 rings (SSSR count). The van der Waals surface area contributed by atoms with Gasteiger partial charge in [-0.2, -0.15) is 0 Å². The van der Waals surface area contributed by atoms with Crippen molar-refractivity contribution in [1.82, 2.24) is 15.5 Å². The van der Waals surface area contributed by atoms with Crippen LogP contribution in [0.4, 0.5) is 0 Å². The van der Waals surface area contributed by atoms with Crippen LogP contribution >= 0.6 is 0 Å². The zero-order chi connectivity index (χ0) is 21.6. The van der Waals surface area contributed by atoms with Crippen molar-refractivity contribution < 1.29 is 18.7 Å². The summed E-state index contributed by atoms with van der Waals surface area (Å²) in [5.74, 6) is 1.14. The van der Waals surface area contributed by atoms with Gasteiger partial charge in [0.05, 0.1) is 25.8 Å². The van der Waals surface area contributed by atoms with E-state index in [0.29, 0.717) is 25.3 Å². The van der Waals surface area contributed by atoms with Gasteiger partial charge in [-0.25, -0.2) is 0 Å². The third-order valence-electron chi connectivity index (χ3n) is 5.49. The number of ether oxygens (including phenoxy) is 1. The van der Waals surface area contributed by atoms with Crippen molar-refractivity contribution in [3.05, 3.63) is 71.7 Å². The summed E-state index contributed by atoms with van der Waals surface area (Å²) in [4.78, 5) is 27.1. The summed E-state index contributed by atoms with van der Waals surface area (Å²) in [7, 11) is 0. The third kappa shape index (κ3) is 5.31. The molecule has 1 unspecified atom stereocenters. The number of nitrogens with zero attached hydrogens (tertiary/aromatic N) is 1. The Bertz CT molecular complexity index is 1060. The van der Waals surface area contributed by atoms with Gasteiger partial charge >= 0.3 is 0 Å². The smallest absolute Gasteiger partial charge is 0.251 e. The monoisotopic (exact) mass is 421 g/mol. The molecular formula is C24H27N3O4. The predicted octanol–water partition coefficient (Wildman–Crippen LogP) is 2.66. The minimum atomic E-state index is -0.271. The zero-order valence-electron chi connectivity index (χ0n) is 17.6. The number of hydrogen-bond donors (Lipinski definition) is 2. The standard InChI is InChI=1S/C24H27N3O4/c1-17-6-9-22(31-17)21(27-10-12-30-13-11-27)15-25-23(28)16-26-24(29)20-8-7-18-4-2-3-5-19(18)14-20/h2-9,14,21H,10-13,15-16H2,1H3,(H,25,28)(H,26,29). The van der Waals surface area contributed by atoms with Gasteiger partial charge in [0, 0.05) is 25.2 Å². The summed E-state index contributed by atoms with van der Waals surface area (Å²) in [6.07, 6.45) is 0. The van der Waals surface area contributed by atoms with E-state index in [1.807, 2.05) is 55.5 Å². The Morgan fingerprint density at radius 3 is 2.52 bits per heavy atom. The number of rotatable bonds is 7. The third-order valence-corrected chi connectivity index (χ3v) is 5.49. The van der Waals surface area contributed by atoms with E-state index in [1.165, 1.54) is 0 Å². The lowest BCUT2D eigenvalue weighted by Gasteiger charge is -2.33. The second-order valence-electron chi connectivity index (χ2n) is 7.66. The van der Waals surface area contributed by atoms with Crippen molar-refractivity contribution in [2.45, 2.75) is 13.0 Å². The number of carbonyl (C=O) groups excluding carboxylic acids is 2. The molecule has 162 valence electrons. The summed E-state index contributed by atoms with van der Waals surface area (Å²) >= 11 is 0. The maximum Gasteiger partial charge on any atom is 0.251 e. The highest BCUT2D eigenvalue weighted by molar-refractivity contribution is 5.99. The van der Waals surface area contributed by atoms with Crippen LogP contribution in [0.1, 0.15) is 27.9 Å². The van der Waals surface area contributed by atoms with Gasteiger partial charge < -0.3 is 19.8 Å². The van der Waals surface area contributed by atoms with Crippen molar-refractivity contribution in [1.29, 1.82) is 0 Å². The Balaban J connectivity index is 1.32. The largest absolute Gasteiger partial charge is 0.465 e. The lowest BCUT2D eigenvalue weighted by Crippen LogP contribution is -2.45. The molecule has 2 aromatic carbocycles. The molecule has 1 aliphatic rings. The summed E-state index contributed by atoms with van der Waals surface area (Å²) < 4.78 is 11.3. The summed E-state index contributed by atoms with van der Waals surface area (Å²) in [6.45, 7) is 5.09. The Hall–Kier alpha value is -3.16. The molecule has 2 heterocycles. The van der Waals surface area contributed by atoms with Gasteiger partial charge in [-0.15, -0.1) is 0 Å². The lowest BCUT2D eigenvalue weighted by molar-refractivity contribution is -0.120. The molecule has 1 saturated heterocycles. The molecule has 0 radical (unpaired) electrons.